The maximum Gasteiger partial charge on any atom is 0.333 e. The number of nitrogens with zero attached hydrogens (tertiary/aromatic N) is 1. The van der Waals surface area contributed by atoms with Crippen LogP contribution in [0.15, 0.2) is 60.3 Å². The number of hydrogen-bond acceptors (Lipinski definition) is 5. The van der Waals surface area contributed by atoms with Crippen molar-refractivity contribution in [1.82, 2.24) is 5.32 Å². The molecule has 0 spiro atoms. The number of para-hydroxylation sites is 1. The first kappa shape index (κ1) is 16.3. The zero-order chi connectivity index (χ0) is 17.8. The average molecular weight is 337 g/mol. The van der Waals surface area contributed by atoms with Crippen LogP contribution in [0.25, 0.3) is 6.08 Å². The van der Waals surface area contributed by atoms with Crippen LogP contribution < -0.4 is 20.1 Å². The summed E-state index contributed by atoms with van der Waals surface area (Å²) >= 11 is 0. The van der Waals surface area contributed by atoms with Gasteiger partial charge in [-0.1, -0.05) is 30.3 Å². The van der Waals surface area contributed by atoms with Crippen LogP contribution in [0, 0.1) is 0 Å². The molecule has 126 valence electrons. The molecular weight excluding hydrogens is 324 g/mol. The molecule has 1 aliphatic rings. The highest BCUT2D eigenvalue weighted by Crippen LogP contribution is 2.22. The molecule has 0 atom stereocenters. The molecule has 1 aliphatic heterocycles. The second kappa shape index (κ2) is 6.88. The minimum atomic E-state index is -1.31. The zero-order valence-corrected chi connectivity index (χ0v) is 13.0. The first-order valence-corrected chi connectivity index (χ1v) is 7.39. The maximum absolute atomic E-state index is 12.4. The van der Waals surface area contributed by atoms with Gasteiger partial charge in [-0.3, -0.25) is 4.79 Å². The van der Waals surface area contributed by atoms with Gasteiger partial charge in [-0.25, -0.2) is 9.69 Å². The van der Waals surface area contributed by atoms with Crippen molar-refractivity contribution in [3.8, 4) is 5.75 Å². The second-order valence-electron chi connectivity index (χ2n) is 5.19. The maximum atomic E-state index is 12.4. The van der Waals surface area contributed by atoms with Crippen molar-refractivity contribution >= 4 is 29.7 Å². The van der Waals surface area contributed by atoms with Crippen LogP contribution in [0.3, 0.4) is 0 Å². The number of anilines is 1. The van der Waals surface area contributed by atoms with Crippen LogP contribution in [-0.2, 0) is 9.59 Å². The molecule has 0 bridgehead atoms. The lowest BCUT2D eigenvalue weighted by Gasteiger charge is -2.10. The van der Waals surface area contributed by atoms with Crippen molar-refractivity contribution in [1.29, 1.82) is 0 Å². The van der Waals surface area contributed by atoms with E-state index in [1.807, 2.05) is 0 Å². The first-order chi connectivity index (χ1) is 12.0. The van der Waals surface area contributed by atoms with Gasteiger partial charge in [-0.05, 0) is 35.9 Å². The molecule has 2 aromatic rings. The van der Waals surface area contributed by atoms with Gasteiger partial charge >= 0.3 is 6.03 Å². The summed E-state index contributed by atoms with van der Waals surface area (Å²) in [4.78, 5) is 35.9. The van der Waals surface area contributed by atoms with E-state index in [0.717, 1.165) is 4.90 Å². The lowest BCUT2D eigenvalue weighted by Crippen LogP contribution is -2.30. The van der Waals surface area contributed by atoms with E-state index in [2.05, 4.69) is 5.32 Å². The number of carboxylic acid groups (broad SMARTS) is 1. The van der Waals surface area contributed by atoms with Gasteiger partial charge in [0.25, 0.3) is 5.91 Å². The van der Waals surface area contributed by atoms with Crippen molar-refractivity contribution in [2.24, 2.45) is 0 Å². The molecule has 0 aliphatic carbocycles. The first-order valence-electron chi connectivity index (χ1n) is 7.39. The Bertz CT molecular complexity index is 844. The standard InChI is InChI=1S/C18H14N2O5/c21-16(22)11-25-14-8-6-12(7-9-14)10-15-17(23)20(18(24)19-15)13-4-2-1-3-5-13/h1-10H,11H2,(H,19,24)(H,21,22)/p-1/b15-10+. The highest BCUT2D eigenvalue weighted by Gasteiger charge is 2.34. The molecule has 1 saturated heterocycles. The smallest absolute Gasteiger partial charge is 0.333 e. The molecule has 7 heteroatoms. The van der Waals surface area contributed by atoms with E-state index >= 15 is 0 Å². The molecule has 3 amide bonds. The van der Waals surface area contributed by atoms with Crippen molar-refractivity contribution in [2.45, 2.75) is 0 Å². The SMILES string of the molecule is O=C([O-])COc1ccc(/C=C2/NC(=O)N(c3ccccc3)C2=O)cc1. The van der Waals surface area contributed by atoms with Crippen LogP contribution in [0.4, 0.5) is 10.5 Å². The molecule has 1 N–H and O–H groups in total. The van der Waals surface area contributed by atoms with Crippen LogP contribution in [0.2, 0.25) is 0 Å². The summed E-state index contributed by atoms with van der Waals surface area (Å²) in [6.45, 7) is -0.541. The number of nitrogens with one attached hydrogen (secondary N) is 1. The van der Waals surface area contributed by atoms with E-state index in [1.54, 1.807) is 54.6 Å². The predicted molar refractivity (Wildman–Crippen MR) is 87.4 cm³/mol. The van der Waals surface area contributed by atoms with Gasteiger partial charge in [0.2, 0.25) is 0 Å². The van der Waals surface area contributed by atoms with Crippen LogP contribution >= 0.6 is 0 Å². The van der Waals surface area contributed by atoms with Crippen LogP contribution in [-0.4, -0.2) is 24.5 Å². The van der Waals surface area contributed by atoms with Gasteiger partial charge in [0.15, 0.2) is 0 Å². The number of carboxylic acids is 1. The molecule has 1 heterocycles. The molecule has 1 fully saturated rings. The summed E-state index contributed by atoms with van der Waals surface area (Å²) in [6, 6.07) is 14.5. The largest absolute Gasteiger partial charge is 0.546 e. The fraction of sp³-hybridized carbons (Fsp3) is 0.0556. The van der Waals surface area contributed by atoms with Gasteiger partial charge in [-0.15, -0.1) is 0 Å². The summed E-state index contributed by atoms with van der Waals surface area (Å²) < 4.78 is 4.98. The van der Waals surface area contributed by atoms with Gasteiger partial charge in [0.05, 0.1) is 11.7 Å². The summed E-state index contributed by atoms with van der Waals surface area (Å²) in [6.07, 6.45) is 1.53. The van der Waals surface area contributed by atoms with Crippen LogP contribution in [0.5, 0.6) is 5.75 Å². The highest BCUT2D eigenvalue weighted by molar-refractivity contribution is 6.28. The van der Waals surface area contributed by atoms with Crippen molar-refractivity contribution in [3.05, 3.63) is 65.9 Å². The molecule has 0 aromatic heterocycles. The van der Waals surface area contributed by atoms with E-state index < -0.39 is 24.5 Å². The number of ether oxygens (including phenoxy) is 1. The summed E-state index contributed by atoms with van der Waals surface area (Å²) in [5, 5.41) is 12.9. The average Bonchev–Trinajstić information content (AvgIpc) is 2.88. The van der Waals surface area contributed by atoms with E-state index in [0.29, 0.717) is 17.0 Å². The Morgan fingerprint density at radius 1 is 1.08 bits per heavy atom. The highest BCUT2D eigenvalue weighted by atomic mass is 16.5. The molecule has 2 aromatic carbocycles. The molecule has 0 unspecified atom stereocenters. The molecule has 0 radical (unpaired) electrons. The number of amides is 3. The molecule has 0 saturated carbocycles. The van der Waals surface area contributed by atoms with E-state index in [9.17, 15) is 19.5 Å². The Balaban J connectivity index is 1.77. The normalized spacial score (nSPS) is 15.4. The Morgan fingerprint density at radius 3 is 2.40 bits per heavy atom. The van der Waals surface area contributed by atoms with Crippen molar-refractivity contribution in [3.63, 3.8) is 0 Å². The van der Waals surface area contributed by atoms with E-state index in [-0.39, 0.29) is 5.70 Å². The van der Waals surface area contributed by atoms with Crippen LogP contribution in [0.1, 0.15) is 5.56 Å². The minimum Gasteiger partial charge on any atom is -0.546 e. The Labute approximate surface area is 143 Å². The number of carbonyl (C=O) groups is 3. The summed E-state index contributed by atoms with van der Waals surface area (Å²) in [5.74, 6) is -1.40. The number of urea groups is 1. The predicted octanol–water partition coefficient (Wildman–Crippen LogP) is 0.913. The van der Waals surface area contributed by atoms with Gasteiger partial charge in [0.1, 0.15) is 18.1 Å². The molecule has 3 rings (SSSR count). The number of imide groups is 1. The molecular formula is C18H13N2O5-. The second-order valence-corrected chi connectivity index (χ2v) is 5.19. The van der Waals surface area contributed by atoms with E-state index in [1.165, 1.54) is 6.08 Å². The minimum absolute atomic E-state index is 0.150. The Morgan fingerprint density at radius 2 is 1.76 bits per heavy atom. The number of rotatable bonds is 5. The summed E-state index contributed by atoms with van der Waals surface area (Å²) in [7, 11) is 0. The van der Waals surface area contributed by atoms with Gasteiger partial charge in [0, 0.05) is 0 Å². The van der Waals surface area contributed by atoms with Crippen molar-refractivity contribution < 1.29 is 24.2 Å². The third kappa shape index (κ3) is 3.66. The molecule has 7 nitrogen and oxygen atoms in total. The Kier molecular flexibility index (Phi) is 4.47. The monoisotopic (exact) mass is 337 g/mol. The lowest BCUT2D eigenvalue weighted by molar-refractivity contribution is -0.307. The quantitative estimate of drug-likeness (QED) is 0.646. The molecule has 25 heavy (non-hydrogen) atoms. The Hall–Kier alpha value is -3.61. The fourth-order valence-corrected chi connectivity index (χ4v) is 2.32. The third-order valence-corrected chi connectivity index (χ3v) is 3.44. The zero-order valence-electron chi connectivity index (χ0n) is 13.0. The van der Waals surface area contributed by atoms with Gasteiger partial charge < -0.3 is 20.0 Å². The van der Waals surface area contributed by atoms with Gasteiger partial charge in [-0.2, -0.15) is 0 Å². The van der Waals surface area contributed by atoms with E-state index in [4.69, 9.17) is 4.74 Å². The van der Waals surface area contributed by atoms with Crippen molar-refractivity contribution in [2.75, 3.05) is 11.5 Å². The topological polar surface area (TPSA) is 98.8 Å². The fourth-order valence-electron chi connectivity index (χ4n) is 2.32. The summed E-state index contributed by atoms with van der Waals surface area (Å²) in [5.41, 5.74) is 1.29. The third-order valence-electron chi connectivity index (χ3n) is 3.44. The lowest BCUT2D eigenvalue weighted by atomic mass is 10.2. The number of carbonyl (C=O) groups excluding carboxylic acids is 3. The number of hydrogen-bond donors (Lipinski definition) is 1. The number of benzene rings is 2. The number of aliphatic carboxylic acids is 1.